The molecular weight excluding hydrogens is 372 g/mol. The van der Waals surface area contributed by atoms with Crippen molar-refractivity contribution in [2.75, 3.05) is 23.0 Å². The maximum Gasteiger partial charge on any atom is 0.241 e. The number of sulfone groups is 1. The molecule has 1 amide bonds. The van der Waals surface area contributed by atoms with E-state index in [1.807, 2.05) is 19.1 Å². The van der Waals surface area contributed by atoms with E-state index in [0.29, 0.717) is 23.3 Å². The fraction of sp³-hybridized carbons (Fsp3) is 0.632. The largest absolute Gasteiger partial charge is 0.306 e. The van der Waals surface area contributed by atoms with Crippen molar-refractivity contribution in [3.8, 4) is 0 Å². The zero-order valence-corrected chi connectivity index (χ0v) is 16.6. The van der Waals surface area contributed by atoms with E-state index in [-0.39, 0.29) is 29.5 Å². The molecule has 2 aliphatic heterocycles. The minimum Gasteiger partial charge on any atom is -0.306 e. The number of benzene rings is 1. The first-order chi connectivity index (χ1) is 12.4. The van der Waals surface area contributed by atoms with E-state index in [1.165, 1.54) is 6.42 Å². The molecule has 0 bridgehead atoms. The predicted octanol–water partition coefficient (Wildman–Crippen LogP) is 2.80. The molecule has 3 fully saturated rings. The summed E-state index contributed by atoms with van der Waals surface area (Å²) in [5.74, 6) is 0.171. The molecule has 2 heterocycles. The zero-order valence-electron chi connectivity index (χ0n) is 15.0. The predicted molar refractivity (Wildman–Crippen MR) is 103 cm³/mol. The molecule has 0 N–H and O–H groups in total. The molecule has 5 nitrogen and oxygen atoms in total. The van der Waals surface area contributed by atoms with E-state index in [9.17, 15) is 13.2 Å². The van der Waals surface area contributed by atoms with E-state index in [1.54, 1.807) is 11.0 Å². The fourth-order valence-corrected chi connectivity index (χ4v) is 6.92. The first kappa shape index (κ1) is 18.3. The Morgan fingerprint density at radius 2 is 1.77 bits per heavy atom. The number of rotatable bonds is 2. The van der Waals surface area contributed by atoms with Gasteiger partial charge in [0, 0.05) is 22.8 Å². The molecule has 1 aromatic rings. The Kier molecular flexibility index (Phi) is 4.78. The molecule has 3 aliphatic rings. The highest BCUT2D eigenvalue weighted by Crippen LogP contribution is 2.36. The van der Waals surface area contributed by atoms with Gasteiger partial charge in [-0.1, -0.05) is 36.9 Å². The van der Waals surface area contributed by atoms with E-state index >= 15 is 0 Å². The maximum absolute atomic E-state index is 13.0. The number of halogens is 1. The van der Waals surface area contributed by atoms with Crippen LogP contribution in [0.5, 0.6) is 0 Å². The summed E-state index contributed by atoms with van der Waals surface area (Å²) in [6, 6.07) is 5.45. The number of carbonyl (C=O) groups is 1. The average molecular weight is 397 g/mol. The summed E-state index contributed by atoms with van der Waals surface area (Å²) in [5.41, 5.74) is 1.65. The van der Waals surface area contributed by atoms with Gasteiger partial charge in [-0.25, -0.2) is 8.42 Å². The topological polar surface area (TPSA) is 57.7 Å². The lowest BCUT2D eigenvalue weighted by Gasteiger charge is -2.47. The van der Waals surface area contributed by atoms with Crippen molar-refractivity contribution in [1.82, 2.24) is 4.90 Å². The minimum absolute atomic E-state index is 0.0196. The lowest BCUT2D eigenvalue weighted by molar-refractivity contribution is -0.124. The maximum atomic E-state index is 13.0. The van der Waals surface area contributed by atoms with E-state index in [4.69, 9.17) is 11.6 Å². The SMILES string of the molecule is Cc1ccc(N2C(=O)CN(C3CCCCC3)C3CS(=O)(=O)CC32)cc1Cl. The van der Waals surface area contributed by atoms with E-state index < -0.39 is 9.84 Å². The second-order valence-corrected chi connectivity index (χ2v) is 10.4. The van der Waals surface area contributed by atoms with Gasteiger partial charge in [-0.2, -0.15) is 0 Å². The van der Waals surface area contributed by atoms with Gasteiger partial charge >= 0.3 is 0 Å². The van der Waals surface area contributed by atoms with Gasteiger partial charge in [0.1, 0.15) is 0 Å². The van der Waals surface area contributed by atoms with Crippen LogP contribution in [0.3, 0.4) is 0 Å². The van der Waals surface area contributed by atoms with Gasteiger partial charge in [0.15, 0.2) is 9.84 Å². The van der Waals surface area contributed by atoms with Crippen molar-refractivity contribution >= 4 is 33.0 Å². The summed E-state index contributed by atoms with van der Waals surface area (Å²) in [6.07, 6.45) is 5.69. The van der Waals surface area contributed by atoms with Crippen molar-refractivity contribution in [1.29, 1.82) is 0 Å². The smallest absolute Gasteiger partial charge is 0.241 e. The van der Waals surface area contributed by atoms with Crippen LogP contribution in [0.15, 0.2) is 18.2 Å². The van der Waals surface area contributed by atoms with Gasteiger partial charge in [-0.15, -0.1) is 0 Å². The number of piperazine rings is 1. The highest BCUT2D eigenvalue weighted by Gasteiger charge is 2.51. The summed E-state index contributed by atoms with van der Waals surface area (Å²) in [5, 5.41) is 0.599. The summed E-state index contributed by atoms with van der Waals surface area (Å²) < 4.78 is 24.9. The molecule has 2 saturated heterocycles. The van der Waals surface area contributed by atoms with Gasteiger partial charge in [-0.3, -0.25) is 9.69 Å². The standard InChI is InChI=1S/C19H25ClN2O3S/c1-13-7-8-15(9-16(13)20)22-18-12-26(24,25)11-17(18)21(10-19(22)23)14-5-3-2-4-6-14/h7-9,14,17-18H,2-6,10-12H2,1H3. The lowest BCUT2D eigenvalue weighted by Crippen LogP contribution is -2.64. The van der Waals surface area contributed by atoms with Crippen LogP contribution in [0.1, 0.15) is 37.7 Å². The van der Waals surface area contributed by atoms with Crippen LogP contribution in [0, 0.1) is 6.92 Å². The van der Waals surface area contributed by atoms with Crippen LogP contribution in [-0.4, -0.2) is 55.4 Å². The van der Waals surface area contributed by atoms with E-state index in [2.05, 4.69) is 4.90 Å². The molecule has 2 atom stereocenters. The molecule has 1 aromatic carbocycles. The molecule has 1 saturated carbocycles. The quantitative estimate of drug-likeness (QED) is 0.771. The monoisotopic (exact) mass is 396 g/mol. The molecule has 4 rings (SSSR count). The first-order valence-corrected chi connectivity index (χ1v) is 11.6. The van der Waals surface area contributed by atoms with Crippen LogP contribution in [-0.2, 0) is 14.6 Å². The molecule has 2 unspecified atom stereocenters. The van der Waals surface area contributed by atoms with Gasteiger partial charge in [-0.05, 0) is 37.5 Å². The van der Waals surface area contributed by atoms with Crippen LogP contribution >= 0.6 is 11.6 Å². The highest BCUT2D eigenvalue weighted by molar-refractivity contribution is 7.91. The third kappa shape index (κ3) is 3.27. The molecule has 0 spiro atoms. The van der Waals surface area contributed by atoms with Crippen molar-refractivity contribution < 1.29 is 13.2 Å². The Labute approximate surface area is 160 Å². The number of nitrogens with zero attached hydrogens (tertiary/aromatic N) is 2. The normalized spacial score (nSPS) is 29.8. The van der Waals surface area contributed by atoms with Gasteiger partial charge < -0.3 is 4.90 Å². The molecule has 0 radical (unpaired) electrons. The van der Waals surface area contributed by atoms with Crippen LogP contribution in [0.4, 0.5) is 5.69 Å². The number of anilines is 1. The number of hydrogen-bond acceptors (Lipinski definition) is 4. The lowest BCUT2D eigenvalue weighted by atomic mass is 9.91. The third-order valence-corrected chi connectivity index (χ3v) is 8.22. The second-order valence-electron chi connectivity index (χ2n) is 7.87. The van der Waals surface area contributed by atoms with Crippen LogP contribution in [0.25, 0.3) is 0 Å². The number of amides is 1. The Morgan fingerprint density at radius 1 is 1.08 bits per heavy atom. The summed E-state index contributed by atoms with van der Waals surface area (Å²) in [6.45, 7) is 2.21. The molecular formula is C19H25ClN2O3S. The van der Waals surface area contributed by atoms with Crippen molar-refractivity contribution in [2.24, 2.45) is 0 Å². The average Bonchev–Trinajstić information content (AvgIpc) is 2.92. The van der Waals surface area contributed by atoms with Gasteiger partial charge in [0.05, 0.1) is 24.1 Å². The number of carbonyl (C=O) groups excluding carboxylic acids is 1. The second kappa shape index (κ2) is 6.80. The van der Waals surface area contributed by atoms with Crippen molar-refractivity contribution in [2.45, 2.75) is 57.2 Å². The Hall–Kier alpha value is -1.11. The molecule has 142 valence electrons. The number of hydrogen-bond donors (Lipinski definition) is 0. The molecule has 7 heteroatoms. The Balaban J connectivity index is 1.69. The van der Waals surface area contributed by atoms with Gasteiger partial charge in [0.25, 0.3) is 0 Å². The van der Waals surface area contributed by atoms with Gasteiger partial charge in [0.2, 0.25) is 5.91 Å². The highest BCUT2D eigenvalue weighted by atomic mass is 35.5. The van der Waals surface area contributed by atoms with Crippen molar-refractivity contribution in [3.05, 3.63) is 28.8 Å². The molecule has 0 aromatic heterocycles. The van der Waals surface area contributed by atoms with E-state index in [0.717, 1.165) is 31.2 Å². The van der Waals surface area contributed by atoms with Crippen LogP contribution < -0.4 is 4.90 Å². The number of aryl methyl sites for hydroxylation is 1. The first-order valence-electron chi connectivity index (χ1n) is 9.40. The summed E-state index contributed by atoms with van der Waals surface area (Å²) in [4.78, 5) is 16.9. The molecule has 1 aliphatic carbocycles. The third-order valence-electron chi connectivity index (χ3n) is 6.11. The summed E-state index contributed by atoms with van der Waals surface area (Å²) >= 11 is 6.26. The summed E-state index contributed by atoms with van der Waals surface area (Å²) in [7, 11) is -3.15. The van der Waals surface area contributed by atoms with Crippen LogP contribution in [0.2, 0.25) is 5.02 Å². The Morgan fingerprint density at radius 3 is 2.46 bits per heavy atom. The fourth-order valence-electron chi connectivity index (χ4n) is 4.79. The Bertz CT molecular complexity index is 820. The minimum atomic E-state index is -3.15. The zero-order chi connectivity index (χ0) is 18.5. The number of fused-ring (bicyclic) bond motifs is 1. The molecule has 26 heavy (non-hydrogen) atoms. The van der Waals surface area contributed by atoms with Crippen molar-refractivity contribution in [3.63, 3.8) is 0 Å².